The molecule has 14 nitrogen and oxygen atoms in total. The number of hydrogen-bond acceptors (Lipinski definition) is 12. The van der Waals surface area contributed by atoms with Gasteiger partial charge < -0.3 is 30.0 Å². The Morgan fingerprint density at radius 3 is 2.33 bits per heavy atom. The molecular weight excluding hydrogens is 566 g/mol. The lowest BCUT2D eigenvalue weighted by molar-refractivity contribution is 0.0663. The Balaban J connectivity index is 1.21. The minimum Gasteiger partial charge on any atom is -0.378 e. The van der Waals surface area contributed by atoms with Gasteiger partial charge in [-0.2, -0.15) is 10.0 Å². The Bertz CT molecular complexity index is 1510. The van der Waals surface area contributed by atoms with Gasteiger partial charge in [0.25, 0.3) is 5.91 Å². The molecule has 16 heteroatoms. The van der Waals surface area contributed by atoms with Gasteiger partial charge in [-0.25, -0.2) is 28.5 Å². The molecule has 43 heavy (non-hydrogen) atoms. The van der Waals surface area contributed by atoms with E-state index in [0.29, 0.717) is 87.5 Å². The van der Waals surface area contributed by atoms with Crippen molar-refractivity contribution in [2.45, 2.75) is 6.42 Å². The maximum Gasteiger partial charge on any atom is 0.436 e. The topological polar surface area (TPSA) is 155 Å². The van der Waals surface area contributed by atoms with Gasteiger partial charge in [0.1, 0.15) is 5.69 Å². The van der Waals surface area contributed by atoms with Crippen molar-refractivity contribution in [2.24, 2.45) is 0 Å². The molecule has 2 fully saturated rings. The van der Waals surface area contributed by atoms with Gasteiger partial charge in [0.05, 0.1) is 25.5 Å². The van der Waals surface area contributed by atoms with Crippen LogP contribution < -0.4 is 21.0 Å². The van der Waals surface area contributed by atoms with Crippen molar-refractivity contribution in [3.63, 3.8) is 0 Å². The second-order valence-electron chi connectivity index (χ2n) is 10.4. The van der Waals surface area contributed by atoms with E-state index in [4.69, 9.17) is 20.3 Å². The van der Waals surface area contributed by atoms with E-state index < -0.39 is 29.3 Å². The monoisotopic (exact) mass is 596 g/mol. The highest BCUT2D eigenvalue weighted by molar-refractivity contribution is 5.95. The molecule has 0 unspecified atom stereocenters. The van der Waals surface area contributed by atoms with Crippen LogP contribution in [0.3, 0.4) is 0 Å². The van der Waals surface area contributed by atoms with Crippen LogP contribution in [0.4, 0.5) is 37.0 Å². The molecule has 3 aromatic rings. The summed E-state index contributed by atoms with van der Waals surface area (Å²) in [5.41, 5.74) is 6.63. The molecule has 1 aromatic carbocycles. The lowest BCUT2D eigenvalue weighted by Crippen LogP contribution is -2.47. The standard InChI is InChI=1S/C27H30F2N10O4/c1-36-4-6-37(7-5-36)24(40)16-12-19(28)22(20(29)13-16)34-27(41)43-39-3-2-18-21(17-14-31-25(30)32-15-17)33-26(35-23(18)39)38-8-10-42-11-9-38/h12-15H,2-11H2,1H3,(H,34,41)(H2,30,31,32). The van der Waals surface area contributed by atoms with E-state index in [2.05, 4.69) is 25.2 Å². The third kappa shape index (κ3) is 5.96. The summed E-state index contributed by atoms with van der Waals surface area (Å²) < 4.78 is 35.4. The number of morpholine rings is 1. The van der Waals surface area contributed by atoms with Crippen LogP contribution in [0.25, 0.3) is 11.3 Å². The number of nitrogen functional groups attached to an aromatic ring is 1. The quantitative estimate of drug-likeness (QED) is 0.439. The molecule has 5 heterocycles. The second-order valence-corrected chi connectivity index (χ2v) is 10.4. The van der Waals surface area contributed by atoms with Crippen LogP contribution in [0, 0.1) is 11.6 Å². The minimum absolute atomic E-state index is 0.112. The molecule has 3 N–H and O–H groups in total. The average Bonchev–Trinajstić information content (AvgIpc) is 3.41. The fourth-order valence-electron chi connectivity index (χ4n) is 5.14. The number of halogens is 2. The van der Waals surface area contributed by atoms with E-state index in [1.165, 1.54) is 9.96 Å². The highest BCUT2D eigenvalue weighted by Gasteiger charge is 2.32. The zero-order valence-electron chi connectivity index (χ0n) is 23.4. The normalized spacial score (nSPS) is 17.1. The highest BCUT2D eigenvalue weighted by atomic mass is 19.1. The first kappa shape index (κ1) is 28.4. The second kappa shape index (κ2) is 11.9. The molecule has 0 atom stereocenters. The SMILES string of the molecule is CN1CCN(C(=O)c2cc(F)c(NC(=O)ON3CCc4c(-c5cnc(N)nc5)nc(N5CCOCC5)nc43)c(F)c2)CC1. The van der Waals surface area contributed by atoms with Gasteiger partial charge in [-0.3, -0.25) is 10.1 Å². The van der Waals surface area contributed by atoms with E-state index in [9.17, 15) is 18.4 Å². The maximum atomic E-state index is 15.0. The van der Waals surface area contributed by atoms with Gasteiger partial charge in [-0.05, 0) is 25.6 Å². The summed E-state index contributed by atoms with van der Waals surface area (Å²) >= 11 is 0. The van der Waals surface area contributed by atoms with Crippen molar-refractivity contribution in [1.29, 1.82) is 0 Å². The van der Waals surface area contributed by atoms with E-state index in [1.807, 2.05) is 11.9 Å². The third-order valence-corrected chi connectivity index (χ3v) is 7.51. The number of anilines is 4. The zero-order chi connectivity index (χ0) is 30.1. The van der Waals surface area contributed by atoms with E-state index in [0.717, 1.165) is 12.1 Å². The number of hydroxylamine groups is 1. The van der Waals surface area contributed by atoms with Crippen molar-refractivity contribution in [1.82, 2.24) is 29.7 Å². The van der Waals surface area contributed by atoms with Crippen LogP contribution in [0.2, 0.25) is 0 Å². The number of nitrogens with two attached hydrogens (primary N) is 1. The smallest absolute Gasteiger partial charge is 0.378 e. The summed E-state index contributed by atoms with van der Waals surface area (Å²) in [6.07, 6.45) is 2.38. The number of nitrogens with zero attached hydrogens (tertiary/aromatic N) is 8. The Kier molecular flexibility index (Phi) is 7.86. The van der Waals surface area contributed by atoms with Gasteiger partial charge in [-0.15, -0.1) is 0 Å². The lowest BCUT2D eigenvalue weighted by Gasteiger charge is -2.32. The van der Waals surface area contributed by atoms with Crippen molar-refractivity contribution in [2.75, 3.05) is 87.1 Å². The average molecular weight is 597 g/mol. The molecular formula is C27H30F2N10O4. The molecule has 0 saturated carbocycles. The first-order chi connectivity index (χ1) is 20.8. The summed E-state index contributed by atoms with van der Waals surface area (Å²) in [6.45, 7) is 4.56. The molecule has 2 aromatic heterocycles. The molecule has 0 bridgehead atoms. The van der Waals surface area contributed by atoms with Crippen LogP contribution in [-0.4, -0.2) is 108 Å². The van der Waals surface area contributed by atoms with Crippen LogP contribution >= 0.6 is 0 Å². The molecule has 226 valence electrons. The lowest BCUT2D eigenvalue weighted by atomic mass is 10.1. The molecule has 0 spiro atoms. The van der Waals surface area contributed by atoms with E-state index in [1.54, 1.807) is 12.4 Å². The first-order valence-corrected chi connectivity index (χ1v) is 13.8. The molecule has 6 rings (SSSR count). The van der Waals surface area contributed by atoms with Gasteiger partial charge in [0.15, 0.2) is 17.5 Å². The Labute approximate surface area is 245 Å². The van der Waals surface area contributed by atoms with Crippen LogP contribution in [-0.2, 0) is 16.0 Å². The van der Waals surface area contributed by atoms with Crippen molar-refractivity contribution >= 4 is 35.4 Å². The number of aromatic nitrogens is 4. The summed E-state index contributed by atoms with van der Waals surface area (Å²) in [4.78, 5) is 54.2. The fourth-order valence-corrected chi connectivity index (χ4v) is 5.14. The summed E-state index contributed by atoms with van der Waals surface area (Å²) in [7, 11) is 1.94. The number of hydrogen-bond donors (Lipinski definition) is 2. The number of ether oxygens (including phenoxy) is 1. The van der Waals surface area contributed by atoms with Crippen LogP contribution in [0.5, 0.6) is 0 Å². The summed E-state index contributed by atoms with van der Waals surface area (Å²) in [5.74, 6) is -1.85. The Morgan fingerprint density at radius 1 is 0.977 bits per heavy atom. The zero-order valence-corrected chi connectivity index (χ0v) is 23.4. The van der Waals surface area contributed by atoms with Gasteiger partial charge >= 0.3 is 6.09 Å². The summed E-state index contributed by atoms with van der Waals surface area (Å²) in [6, 6.07) is 1.82. The van der Waals surface area contributed by atoms with Crippen molar-refractivity contribution in [3.05, 3.63) is 47.3 Å². The number of carbonyl (C=O) groups is 2. The van der Waals surface area contributed by atoms with Gasteiger partial charge in [0, 0.05) is 68.4 Å². The van der Waals surface area contributed by atoms with Crippen molar-refractivity contribution in [3.8, 4) is 11.3 Å². The fraction of sp³-hybridized carbons (Fsp3) is 0.407. The molecule has 2 amide bonds. The van der Waals surface area contributed by atoms with Gasteiger partial charge in [0.2, 0.25) is 11.9 Å². The largest absolute Gasteiger partial charge is 0.436 e. The number of piperazine rings is 1. The number of amides is 2. The van der Waals surface area contributed by atoms with Crippen molar-refractivity contribution < 1.29 is 27.9 Å². The maximum absolute atomic E-state index is 15.0. The molecule has 3 aliphatic heterocycles. The molecule has 0 radical (unpaired) electrons. The highest BCUT2D eigenvalue weighted by Crippen LogP contribution is 2.36. The first-order valence-electron chi connectivity index (χ1n) is 13.8. The van der Waals surface area contributed by atoms with Crippen LogP contribution in [0.15, 0.2) is 24.5 Å². The molecule has 0 aliphatic carbocycles. The minimum atomic E-state index is -1.13. The number of benzene rings is 1. The predicted molar refractivity (Wildman–Crippen MR) is 151 cm³/mol. The number of nitrogens with one attached hydrogen (secondary N) is 1. The molecule has 2 saturated heterocycles. The van der Waals surface area contributed by atoms with E-state index >= 15 is 0 Å². The number of likely N-dealkylation sites (N-methyl/N-ethyl adjacent to an activating group) is 1. The predicted octanol–water partition coefficient (Wildman–Crippen LogP) is 1.54. The summed E-state index contributed by atoms with van der Waals surface area (Å²) in [5, 5.41) is 3.38. The molecule has 3 aliphatic rings. The van der Waals surface area contributed by atoms with Gasteiger partial charge in [-0.1, -0.05) is 0 Å². The number of rotatable bonds is 5. The van der Waals surface area contributed by atoms with E-state index in [-0.39, 0.29) is 18.1 Å². The third-order valence-electron chi connectivity index (χ3n) is 7.51. The number of carbonyl (C=O) groups excluding carboxylic acids is 2. The number of fused-ring (bicyclic) bond motifs is 1. The van der Waals surface area contributed by atoms with Crippen LogP contribution in [0.1, 0.15) is 15.9 Å². The Hall–Kier alpha value is -4.70. The Morgan fingerprint density at radius 2 is 1.65 bits per heavy atom.